The Morgan fingerprint density at radius 2 is 1.79 bits per heavy atom. The highest BCUT2D eigenvalue weighted by atomic mass is 32.2. The number of amidine groups is 1. The maximum Gasteiger partial charge on any atom is 0.573 e. The van der Waals surface area contributed by atoms with Crippen LogP contribution in [0.25, 0.3) is 17.1 Å². The van der Waals surface area contributed by atoms with E-state index in [-0.39, 0.29) is 29.9 Å². The minimum Gasteiger partial charge on any atom is -0.406 e. The molecular weight excluding hydrogens is 569 g/mol. The first-order chi connectivity index (χ1) is 20.1. The van der Waals surface area contributed by atoms with E-state index in [1.54, 1.807) is 12.1 Å². The lowest BCUT2D eigenvalue weighted by Gasteiger charge is -2.21. The van der Waals surface area contributed by atoms with E-state index >= 15 is 0 Å². The number of nitrogens with zero attached hydrogens (tertiary/aromatic N) is 5. The molecule has 0 aliphatic carbocycles. The molecule has 3 aromatic carbocycles. The van der Waals surface area contributed by atoms with Crippen molar-refractivity contribution >= 4 is 34.6 Å². The highest BCUT2D eigenvalue weighted by molar-refractivity contribution is 8.15. The number of hydrogen-bond acceptors (Lipinski definition) is 6. The van der Waals surface area contributed by atoms with Crippen LogP contribution in [0, 0.1) is 0 Å². The number of thioether (sulfide) groups is 1. The highest BCUT2D eigenvalue weighted by Crippen LogP contribution is 2.33. The van der Waals surface area contributed by atoms with Gasteiger partial charge < -0.3 is 10.1 Å². The maximum atomic E-state index is 12.7. The molecule has 5 rings (SSSR count). The van der Waals surface area contributed by atoms with Gasteiger partial charge in [0.2, 0.25) is 5.91 Å². The Hall–Kier alpha value is -4.65. The number of aromatic nitrogens is 3. The predicted octanol–water partition coefficient (Wildman–Crippen LogP) is 6.30. The van der Waals surface area contributed by atoms with Crippen LogP contribution in [-0.2, 0) is 11.3 Å². The molecule has 1 fully saturated rings. The minimum absolute atomic E-state index is 0.126. The summed E-state index contributed by atoms with van der Waals surface area (Å²) in [6, 6.07) is 19.5. The quantitative estimate of drug-likeness (QED) is 0.269. The zero-order valence-electron chi connectivity index (χ0n) is 22.5. The molecule has 1 aromatic heterocycles. The van der Waals surface area contributed by atoms with Gasteiger partial charge in [0.25, 0.3) is 0 Å². The second kappa shape index (κ2) is 12.1. The van der Waals surface area contributed by atoms with Crippen molar-refractivity contribution < 1.29 is 27.5 Å². The fraction of sp³-hybridized carbons (Fsp3) is 0.207. The molecule has 1 N–H and O–H groups in total. The number of aliphatic imine (C=N–C) groups is 1. The lowest BCUT2D eigenvalue weighted by molar-refractivity contribution is -0.274. The average Bonchev–Trinajstić information content (AvgIpc) is 3.59. The molecule has 1 aliphatic heterocycles. The van der Waals surface area contributed by atoms with Gasteiger partial charge in [-0.05, 0) is 47.4 Å². The van der Waals surface area contributed by atoms with Crippen LogP contribution in [0.2, 0.25) is 0 Å². The van der Waals surface area contributed by atoms with Crippen LogP contribution in [0.1, 0.15) is 30.9 Å². The molecule has 0 unspecified atom stereocenters. The first kappa shape index (κ1) is 28.9. The van der Waals surface area contributed by atoms with E-state index in [1.807, 2.05) is 50.2 Å². The summed E-state index contributed by atoms with van der Waals surface area (Å²) in [6.07, 6.45) is -3.31. The number of hydrogen-bond donors (Lipinski definition) is 1. The van der Waals surface area contributed by atoms with Crippen molar-refractivity contribution in [3.05, 3.63) is 90.3 Å². The van der Waals surface area contributed by atoms with Crippen molar-refractivity contribution in [2.45, 2.75) is 32.7 Å². The van der Waals surface area contributed by atoms with Crippen LogP contribution < -0.4 is 15.0 Å². The number of rotatable bonds is 7. The number of amides is 3. The summed E-state index contributed by atoms with van der Waals surface area (Å²) in [5.41, 5.74) is 3.76. The molecule has 0 radical (unpaired) electrons. The SMILES string of the molecule is CC(C)c1ccccc1N1C(=O)CS/C1=N/C(=O)NCc1ccc(-c2ncn(-c3ccc(OC(F)(F)F)cc3)n2)cc1. The van der Waals surface area contributed by atoms with E-state index in [4.69, 9.17) is 0 Å². The summed E-state index contributed by atoms with van der Waals surface area (Å²) in [6.45, 7) is 4.30. The number of benzene rings is 3. The molecule has 9 nitrogen and oxygen atoms in total. The third-order valence-electron chi connectivity index (χ3n) is 6.24. The Morgan fingerprint density at radius 3 is 2.48 bits per heavy atom. The first-order valence-electron chi connectivity index (χ1n) is 12.9. The number of alkyl halides is 3. The minimum atomic E-state index is -4.76. The molecule has 13 heteroatoms. The van der Waals surface area contributed by atoms with E-state index in [0.29, 0.717) is 22.2 Å². The Bertz CT molecular complexity index is 1620. The Kier molecular flexibility index (Phi) is 8.29. The largest absolute Gasteiger partial charge is 0.573 e. The lowest BCUT2D eigenvalue weighted by Crippen LogP contribution is -2.32. The van der Waals surface area contributed by atoms with Crippen LogP contribution in [-0.4, -0.2) is 44.0 Å². The summed E-state index contributed by atoms with van der Waals surface area (Å²) in [7, 11) is 0. The molecular formula is C29H25F3N6O3S. The number of carbonyl (C=O) groups is 2. The second-order valence-corrected chi connectivity index (χ2v) is 10.5. The average molecular weight is 595 g/mol. The zero-order chi connectivity index (χ0) is 29.9. The van der Waals surface area contributed by atoms with Crippen LogP contribution in [0.15, 0.2) is 84.1 Å². The molecule has 1 aliphatic rings. The number of para-hydroxylation sites is 1. The molecule has 42 heavy (non-hydrogen) atoms. The van der Waals surface area contributed by atoms with Crippen LogP contribution in [0.3, 0.4) is 0 Å². The fourth-order valence-electron chi connectivity index (χ4n) is 4.26. The van der Waals surface area contributed by atoms with Crippen molar-refractivity contribution in [2.75, 3.05) is 10.7 Å². The topological polar surface area (TPSA) is 102 Å². The predicted molar refractivity (Wildman–Crippen MR) is 154 cm³/mol. The van der Waals surface area contributed by atoms with Gasteiger partial charge in [0.05, 0.1) is 17.1 Å². The normalized spacial score (nSPS) is 14.6. The highest BCUT2D eigenvalue weighted by Gasteiger charge is 2.32. The number of nitrogens with one attached hydrogen (secondary N) is 1. The molecule has 3 amide bonds. The van der Waals surface area contributed by atoms with Crippen molar-refractivity contribution in [1.29, 1.82) is 0 Å². The molecule has 0 saturated carbocycles. The molecule has 1 saturated heterocycles. The van der Waals surface area contributed by atoms with E-state index < -0.39 is 12.4 Å². The molecule has 0 spiro atoms. The lowest BCUT2D eigenvalue weighted by atomic mass is 10.0. The van der Waals surface area contributed by atoms with Gasteiger partial charge in [0.1, 0.15) is 12.1 Å². The van der Waals surface area contributed by atoms with Gasteiger partial charge in [-0.2, -0.15) is 4.99 Å². The van der Waals surface area contributed by atoms with Gasteiger partial charge in [0, 0.05) is 12.1 Å². The molecule has 0 atom stereocenters. The van der Waals surface area contributed by atoms with Gasteiger partial charge in [-0.25, -0.2) is 14.5 Å². The van der Waals surface area contributed by atoms with E-state index in [1.165, 1.54) is 51.9 Å². The summed E-state index contributed by atoms with van der Waals surface area (Å²) in [4.78, 5) is 35.3. The monoisotopic (exact) mass is 594 g/mol. The van der Waals surface area contributed by atoms with Crippen molar-refractivity contribution in [2.24, 2.45) is 4.99 Å². The van der Waals surface area contributed by atoms with Crippen LogP contribution in [0.4, 0.5) is 23.7 Å². The van der Waals surface area contributed by atoms with Crippen molar-refractivity contribution in [1.82, 2.24) is 20.1 Å². The van der Waals surface area contributed by atoms with E-state index in [0.717, 1.165) is 16.8 Å². The number of halogens is 3. The second-order valence-electron chi connectivity index (χ2n) is 9.54. The number of carbonyl (C=O) groups excluding carboxylic acids is 2. The van der Waals surface area contributed by atoms with Gasteiger partial charge in [0.15, 0.2) is 11.0 Å². The van der Waals surface area contributed by atoms with Gasteiger partial charge in [-0.15, -0.1) is 18.3 Å². The van der Waals surface area contributed by atoms with Gasteiger partial charge >= 0.3 is 12.4 Å². The summed E-state index contributed by atoms with van der Waals surface area (Å²) in [5, 5.41) is 7.49. The standard InChI is InChI=1S/C29H25F3N6O3S/c1-18(2)23-5-3-4-6-24(23)38-25(39)16-42-28(38)35-27(40)33-15-19-7-9-20(10-8-19)26-34-17-37(36-26)21-11-13-22(14-12-21)41-29(30,31)32/h3-14,17-18H,15-16H2,1-2H3,(H,33,40)/b35-28+. The fourth-order valence-corrected chi connectivity index (χ4v) is 5.12. The van der Waals surface area contributed by atoms with Gasteiger partial charge in [-0.3, -0.25) is 9.69 Å². The van der Waals surface area contributed by atoms with E-state index in [9.17, 15) is 22.8 Å². The molecule has 4 aromatic rings. The molecule has 0 bridgehead atoms. The van der Waals surface area contributed by atoms with Gasteiger partial charge in [-0.1, -0.05) is 68.1 Å². The first-order valence-corrected chi connectivity index (χ1v) is 13.8. The zero-order valence-corrected chi connectivity index (χ0v) is 23.3. The van der Waals surface area contributed by atoms with Crippen LogP contribution >= 0.6 is 11.8 Å². The maximum absolute atomic E-state index is 12.7. The Balaban J connectivity index is 1.21. The smallest absolute Gasteiger partial charge is 0.406 e. The van der Waals surface area contributed by atoms with Crippen molar-refractivity contribution in [3.8, 4) is 22.8 Å². The number of urea groups is 1. The van der Waals surface area contributed by atoms with Crippen molar-refractivity contribution in [3.63, 3.8) is 0 Å². The Morgan fingerprint density at radius 1 is 1.07 bits per heavy atom. The summed E-state index contributed by atoms with van der Waals surface area (Å²) < 4.78 is 42.5. The number of ether oxygens (including phenoxy) is 1. The summed E-state index contributed by atoms with van der Waals surface area (Å²) in [5.74, 6) is 0.359. The molecule has 216 valence electrons. The number of anilines is 1. The summed E-state index contributed by atoms with van der Waals surface area (Å²) >= 11 is 1.22. The molecule has 2 heterocycles. The van der Waals surface area contributed by atoms with Crippen LogP contribution in [0.5, 0.6) is 5.75 Å². The van der Waals surface area contributed by atoms with E-state index in [2.05, 4.69) is 25.1 Å². The Labute approximate surface area is 243 Å². The third kappa shape index (κ3) is 6.79. The third-order valence-corrected chi connectivity index (χ3v) is 7.17.